The third-order valence-corrected chi connectivity index (χ3v) is 3.36. The standard InChI is InChI=1S/C14H15N3O/c15-12-5-7-17(9-12)14(18)11-3-4-13-10(8-11)2-1-6-16-13/h1-4,6,8,12H,5,7,9,15H2/t12-/m0/s1. The van der Waals surface area contributed by atoms with Gasteiger partial charge in [0.05, 0.1) is 5.52 Å². The van der Waals surface area contributed by atoms with Crippen LogP contribution in [-0.4, -0.2) is 34.9 Å². The molecule has 1 aromatic carbocycles. The van der Waals surface area contributed by atoms with E-state index in [0.717, 1.165) is 23.9 Å². The first-order valence-electron chi connectivity index (χ1n) is 6.14. The Hall–Kier alpha value is -1.94. The normalized spacial score (nSPS) is 19.4. The number of pyridine rings is 1. The zero-order chi connectivity index (χ0) is 12.5. The maximum atomic E-state index is 12.3. The molecular formula is C14H15N3O. The highest BCUT2D eigenvalue weighted by atomic mass is 16.2. The summed E-state index contributed by atoms with van der Waals surface area (Å²) in [5.41, 5.74) is 7.45. The number of aromatic nitrogens is 1. The molecule has 18 heavy (non-hydrogen) atoms. The van der Waals surface area contributed by atoms with Crippen molar-refractivity contribution >= 4 is 16.8 Å². The maximum Gasteiger partial charge on any atom is 0.253 e. The highest BCUT2D eigenvalue weighted by Crippen LogP contribution is 2.17. The predicted octanol–water partition coefficient (Wildman–Crippen LogP) is 1.41. The lowest BCUT2D eigenvalue weighted by molar-refractivity contribution is 0.0791. The number of nitrogens with zero attached hydrogens (tertiary/aromatic N) is 2. The van der Waals surface area contributed by atoms with Gasteiger partial charge in [-0.15, -0.1) is 0 Å². The van der Waals surface area contributed by atoms with E-state index in [-0.39, 0.29) is 11.9 Å². The fraction of sp³-hybridized carbons (Fsp3) is 0.286. The lowest BCUT2D eigenvalue weighted by Crippen LogP contribution is -2.31. The van der Waals surface area contributed by atoms with Crippen molar-refractivity contribution in [3.05, 3.63) is 42.1 Å². The van der Waals surface area contributed by atoms with Crippen molar-refractivity contribution in [1.82, 2.24) is 9.88 Å². The van der Waals surface area contributed by atoms with E-state index >= 15 is 0 Å². The predicted molar refractivity (Wildman–Crippen MR) is 70.2 cm³/mol. The number of carbonyl (C=O) groups is 1. The van der Waals surface area contributed by atoms with Gasteiger partial charge in [0.2, 0.25) is 0 Å². The molecule has 1 fully saturated rings. The average Bonchev–Trinajstić information content (AvgIpc) is 2.84. The van der Waals surface area contributed by atoms with Gasteiger partial charge in [0.1, 0.15) is 0 Å². The van der Waals surface area contributed by atoms with Gasteiger partial charge in [-0.2, -0.15) is 0 Å². The van der Waals surface area contributed by atoms with E-state index in [1.807, 2.05) is 35.2 Å². The lowest BCUT2D eigenvalue weighted by Gasteiger charge is -2.15. The molecule has 1 aromatic heterocycles. The molecule has 92 valence electrons. The molecule has 1 saturated heterocycles. The van der Waals surface area contributed by atoms with Gasteiger partial charge in [-0.3, -0.25) is 9.78 Å². The molecule has 4 nitrogen and oxygen atoms in total. The van der Waals surface area contributed by atoms with E-state index < -0.39 is 0 Å². The van der Waals surface area contributed by atoms with Crippen molar-refractivity contribution in [1.29, 1.82) is 0 Å². The first-order valence-corrected chi connectivity index (χ1v) is 6.14. The molecule has 0 aliphatic carbocycles. The third kappa shape index (κ3) is 1.95. The zero-order valence-corrected chi connectivity index (χ0v) is 10.0. The summed E-state index contributed by atoms with van der Waals surface area (Å²) in [5.74, 6) is 0.0636. The van der Waals surface area contributed by atoms with E-state index in [1.54, 1.807) is 6.20 Å². The van der Waals surface area contributed by atoms with Gasteiger partial charge in [0.25, 0.3) is 5.91 Å². The lowest BCUT2D eigenvalue weighted by atomic mass is 10.1. The fourth-order valence-electron chi connectivity index (χ4n) is 2.36. The number of carbonyl (C=O) groups excluding carboxylic acids is 1. The Balaban J connectivity index is 1.92. The van der Waals surface area contributed by atoms with Crippen LogP contribution in [0.25, 0.3) is 10.9 Å². The van der Waals surface area contributed by atoms with Crippen LogP contribution in [0.15, 0.2) is 36.5 Å². The molecule has 2 heterocycles. The Kier molecular flexibility index (Phi) is 2.72. The van der Waals surface area contributed by atoms with Crippen LogP contribution in [0.5, 0.6) is 0 Å². The summed E-state index contributed by atoms with van der Waals surface area (Å²) < 4.78 is 0. The van der Waals surface area contributed by atoms with Crippen LogP contribution >= 0.6 is 0 Å². The summed E-state index contributed by atoms with van der Waals surface area (Å²) in [6.45, 7) is 1.41. The summed E-state index contributed by atoms with van der Waals surface area (Å²) in [5, 5.41) is 0.992. The van der Waals surface area contributed by atoms with Crippen LogP contribution in [0.4, 0.5) is 0 Å². The van der Waals surface area contributed by atoms with E-state index in [0.29, 0.717) is 12.1 Å². The molecular weight excluding hydrogens is 226 g/mol. The molecule has 0 radical (unpaired) electrons. The smallest absolute Gasteiger partial charge is 0.253 e. The topological polar surface area (TPSA) is 59.2 Å². The second kappa shape index (κ2) is 4.38. The molecule has 1 aliphatic heterocycles. The molecule has 0 unspecified atom stereocenters. The largest absolute Gasteiger partial charge is 0.337 e. The van der Waals surface area contributed by atoms with E-state index in [1.165, 1.54) is 0 Å². The summed E-state index contributed by atoms with van der Waals surface area (Å²) in [7, 11) is 0. The summed E-state index contributed by atoms with van der Waals surface area (Å²) in [6, 6.07) is 9.59. The fourth-order valence-corrected chi connectivity index (χ4v) is 2.36. The van der Waals surface area contributed by atoms with Crippen molar-refractivity contribution in [2.75, 3.05) is 13.1 Å². The molecule has 1 atom stereocenters. The van der Waals surface area contributed by atoms with E-state index in [2.05, 4.69) is 4.98 Å². The van der Waals surface area contributed by atoms with Crippen LogP contribution in [0.3, 0.4) is 0 Å². The van der Waals surface area contributed by atoms with Gasteiger partial charge < -0.3 is 10.6 Å². The van der Waals surface area contributed by atoms with Crippen LogP contribution in [0, 0.1) is 0 Å². The molecule has 2 aromatic rings. The Labute approximate surface area is 105 Å². The van der Waals surface area contributed by atoms with Gasteiger partial charge in [-0.1, -0.05) is 6.07 Å². The van der Waals surface area contributed by atoms with Crippen LogP contribution in [-0.2, 0) is 0 Å². The minimum atomic E-state index is 0.0636. The number of fused-ring (bicyclic) bond motifs is 1. The van der Waals surface area contributed by atoms with Crippen molar-refractivity contribution in [3.8, 4) is 0 Å². The number of hydrogen-bond acceptors (Lipinski definition) is 3. The maximum absolute atomic E-state index is 12.3. The van der Waals surface area contributed by atoms with E-state index in [9.17, 15) is 4.79 Å². The third-order valence-electron chi connectivity index (χ3n) is 3.36. The molecule has 4 heteroatoms. The van der Waals surface area contributed by atoms with Gasteiger partial charge in [-0.25, -0.2) is 0 Å². The molecule has 0 bridgehead atoms. The Bertz CT molecular complexity index is 596. The van der Waals surface area contributed by atoms with Crippen LogP contribution in [0.1, 0.15) is 16.8 Å². The molecule has 0 saturated carbocycles. The highest BCUT2D eigenvalue weighted by Gasteiger charge is 2.24. The minimum Gasteiger partial charge on any atom is -0.337 e. The first-order chi connectivity index (χ1) is 8.74. The molecule has 3 rings (SSSR count). The van der Waals surface area contributed by atoms with E-state index in [4.69, 9.17) is 5.73 Å². The first kappa shape index (κ1) is 11.2. The number of likely N-dealkylation sites (tertiary alicyclic amines) is 1. The number of nitrogens with two attached hydrogens (primary N) is 1. The second-order valence-electron chi connectivity index (χ2n) is 4.71. The van der Waals surface area contributed by atoms with Crippen molar-refractivity contribution in [2.45, 2.75) is 12.5 Å². The molecule has 1 amide bonds. The molecule has 2 N–H and O–H groups in total. The summed E-state index contributed by atoms with van der Waals surface area (Å²) in [4.78, 5) is 18.4. The van der Waals surface area contributed by atoms with Crippen LogP contribution in [0.2, 0.25) is 0 Å². The van der Waals surface area contributed by atoms with Crippen molar-refractivity contribution < 1.29 is 4.79 Å². The van der Waals surface area contributed by atoms with Crippen molar-refractivity contribution in [2.24, 2.45) is 5.73 Å². The molecule has 0 spiro atoms. The number of amides is 1. The minimum absolute atomic E-state index is 0.0636. The summed E-state index contributed by atoms with van der Waals surface area (Å²) >= 11 is 0. The quantitative estimate of drug-likeness (QED) is 0.821. The Morgan fingerprint density at radius 1 is 1.39 bits per heavy atom. The highest BCUT2D eigenvalue weighted by molar-refractivity contribution is 5.98. The van der Waals surface area contributed by atoms with Gasteiger partial charge in [-0.05, 0) is 30.7 Å². The number of hydrogen-bond donors (Lipinski definition) is 1. The zero-order valence-electron chi connectivity index (χ0n) is 10.0. The monoisotopic (exact) mass is 241 g/mol. The number of rotatable bonds is 1. The van der Waals surface area contributed by atoms with Crippen molar-refractivity contribution in [3.63, 3.8) is 0 Å². The SMILES string of the molecule is N[C@H]1CCN(C(=O)c2ccc3ncccc3c2)C1. The Morgan fingerprint density at radius 2 is 2.28 bits per heavy atom. The molecule has 1 aliphatic rings. The second-order valence-corrected chi connectivity index (χ2v) is 4.71. The Morgan fingerprint density at radius 3 is 3.06 bits per heavy atom. The van der Waals surface area contributed by atoms with Gasteiger partial charge in [0.15, 0.2) is 0 Å². The van der Waals surface area contributed by atoms with Gasteiger partial charge in [0, 0.05) is 36.3 Å². The number of benzene rings is 1. The van der Waals surface area contributed by atoms with Gasteiger partial charge >= 0.3 is 0 Å². The van der Waals surface area contributed by atoms with Crippen LogP contribution < -0.4 is 5.73 Å². The summed E-state index contributed by atoms with van der Waals surface area (Å²) in [6.07, 6.45) is 2.64. The average molecular weight is 241 g/mol.